The van der Waals surface area contributed by atoms with Crippen LogP contribution in [0.15, 0.2) is 18.2 Å². The van der Waals surface area contributed by atoms with Crippen molar-refractivity contribution < 1.29 is 19.4 Å². The minimum absolute atomic E-state index is 0.0325. The van der Waals surface area contributed by atoms with Crippen molar-refractivity contribution in [2.75, 3.05) is 26.2 Å². The topological polar surface area (TPSA) is 70.1 Å². The fourth-order valence-electron chi connectivity index (χ4n) is 5.66. The van der Waals surface area contributed by atoms with Crippen LogP contribution in [0.2, 0.25) is 0 Å². The summed E-state index contributed by atoms with van der Waals surface area (Å²) < 4.78 is 5.92. The van der Waals surface area contributed by atoms with E-state index in [0.717, 1.165) is 75.8 Å². The third-order valence-corrected chi connectivity index (χ3v) is 7.38. The molecule has 170 valence electrons. The summed E-state index contributed by atoms with van der Waals surface area (Å²) in [5.41, 5.74) is 0.518. The maximum atomic E-state index is 13.0. The van der Waals surface area contributed by atoms with Crippen LogP contribution in [0.3, 0.4) is 0 Å². The molecule has 2 aliphatic heterocycles. The average molecular weight is 429 g/mol. The average Bonchev–Trinajstić information content (AvgIpc) is 3.00. The number of unbranched alkanes of at least 4 members (excludes halogenated alkanes) is 1. The van der Waals surface area contributed by atoms with E-state index in [1.165, 1.54) is 6.42 Å². The van der Waals surface area contributed by atoms with E-state index < -0.39 is 0 Å². The van der Waals surface area contributed by atoms with Crippen molar-refractivity contribution in [1.82, 2.24) is 9.80 Å². The molecule has 2 heterocycles. The van der Waals surface area contributed by atoms with E-state index >= 15 is 0 Å². The Bertz CT molecular complexity index is 803. The van der Waals surface area contributed by atoms with Crippen molar-refractivity contribution in [2.45, 2.75) is 77.2 Å². The summed E-state index contributed by atoms with van der Waals surface area (Å²) in [6, 6.07) is 5.69. The predicted molar refractivity (Wildman–Crippen MR) is 119 cm³/mol. The van der Waals surface area contributed by atoms with Crippen LogP contribution in [0, 0.1) is 5.41 Å². The molecule has 6 heteroatoms. The Morgan fingerprint density at radius 1 is 1.16 bits per heavy atom. The van der Waals surface area contributed by atoms with Gasteiger partial charge in [-0.25, -0.2) is 0 Å². The van der Waals surface area contributed by atoms with Crippen LogP contribution >= 0.6 is 0 Å². The number of amides is 2. The summed E-state index contributed by atoms with van der Waals surface area (Å²) in [4.78, 5) is 29.5. The highest BCUT2D eigenvalue weighted by Crippen LogP contribution is 2.45. The molecule has 31 heavy (non-hydrogen) atoms. The molecule has 0 radical (unpaired) electrons. The maximum absolute atomic E-state index is 13.0. The molecule has 2 fully saturated rings. The largest absolute Gasteiger partial charge is 0.508 e. The number of hydrogen-bond acceptors (Lipinski definition) is 5. The minimum atomic E-state index is -0.377. The molecular formula is C25H36N2O4. The number of phenolic OH excluding ortho intramolecular Hbond substituents is 1. The van der Waals surface area contributed by atoms with Crippen molar-refractivity contribution in [3.63, 3.8) is 0 Å². The van der Waals surface area contributed by atoms with Gasteiger partial charge in [-0.05, 0) is 63.7 Å². The lowest BCUT2D eigenvalue weighted by Crippen LogP contribution is -2.44. The predicted octanol–water partition coefficient (Wildman–Crippen LogP) is 3.90. The van der Waals surface area contributed by atoms with Gasteiger partial charge in [-0.3, -0.25) is 19.4 Å². The third kappa shape index (κ3) is 4.59. The van der Waals surface area contributed by atoms with E-state index in [4.69, 9.17) is 4.74 Å². The van der Waals surface area contributed by atoms with Crippen LogP contribution in [0.5, 0.6) is 11.5 Å². The maximum Gasteiger partial charge on any atom is 0.235 e. The number of phenols is 1. The van der Waals surface area contributed by atoms with Crippen molar-refractivity contribution in [3.05, 3.63) is 23.8 Å². The summed E-state index contributed by atoms with van der Waals surface area (Å²) in [6.45, 7) is 5.23. The van der Waals surface area contributed by atoms with Gasteiger partial charge in [0.05, 0.1) is 5.41 Å². The first-order valence-electron chi connectivity index (χ1n) is 12.1. The van der Waals surface area contributed by atoms with E-state index in [-0.39, 0.29) is 23.3 Å². The van der Waals surface area contributed by atoms with Crippen molar-refractivity contribution in [2.24, 2.45) is 5.41 Å². The zero-order valence-corrected chi connectivity index (χ0v) is 18.8. The fourth-order valence-corrected chi connectivity index (χ4v) is 5.66. The van der Waals surface area contributed by atoms with Crippen LogP contribution in [-0.2, 0) is 16.0 Å². The van der Waals surface area contributed by atoms with Gasteiger partial charge in [0, 0.05) is 24.6 Å². The molecule has 1 unspecified atom stereocenters. The van der Waals surface area contributed by atoms with E-state index in [1.54, 1.807) is 11.0 Å². The highest BCUT2D eigenvalue weighted by molar-refractivity contribution is 6.05. The van der Waals surface area contributed by atoms with Gasteiger partial charge in [0.2, 0.25) is 11.8 Å². The van der Waals surface area contributed by atoms with Crippen molar-refractivity contribution in [3.8, 4) is 11.5 Å². The number of imide groups is 1. The summed E-state index contributed by atoms with van der Waals surface area (Å²) in [5.74, 6) is 1.22. The zero-order valence-electron chi connectivity index (χ0n) is 18.8. The van der Waals surface area contributed by atoms with Crippen LogP contribution in [0.1, 0.15) is 70.3 Å². The molecule has 4 rings (SSSR count). The molecule has 0 bridgehead atoms. The molecule has 2 amide bonds. The molecule has 6 nitrogen and oxygen atoms in total. The number of hydrogen-bond donors (Lipinski definition) is 1. The lowest BCUT2D eigenvalue weighted by molar-refractivity contribution is -0.142. The Kier molecular flexibility index (Phi) is 6.85. The Balaban J connectivity index is 1.29. The van der Waals surface area contributed by atoms with Crippen LogP contribution in [0.4, 0.5) is 0 Å². The van der Waals surface area contributed by atoms with E-state index in [2.05, 4.69) is 11.8 Å². The molecule has 1 saturated heterocycles. The molecule has 1 spiro atoms. The lowest BCUT2D eigenvalue weighted by atomic mass is 9.73. The van der Waals surface area contributed by atoms with Gasteiger partial charge in [0.15, 0.2) is 0 Å². The quantitative estimate of drug-likeness (QED) is 0.502. The number of nitrogens with zero attached hydrogens (tertiary/aromatic N) is 2. The first-order valence-corrected chi connectivity index (χ1v) is 12.1. The number of aromatic hydroxyl groups is 1. The van der Waals surface area contributed by atoms with E-state index in [1.807, 2.05) is 12.1 Å². The second-order valence-electron chi connectivity index (χ2n) is 9.53. The van der Waals surface area contributed by atoms with Crippen LogP contribution in [-0.4, -0.2) is 59.0 Å². The summed E-state index contributed by atoms with van der Waals surface area (Å²) >= 11 is 0. The Morgan fingerprint density at radius 2 is 1.97 bits per heavy atom. The molecule has 3 aliphatic rings. The van der Waals surface area contributed by atoms with Gasteiger partial charge < -0.3 is 9.84 Å². The lowest BCUT2D eigenvalue weighted by Gasteiger charge is -2.35. The molecule has 1 aliphatic carbocycles. The fraction of sp³-hybridized carbons (Fsp3) is 0.680. The molecule has 0 aromatic heterocycles. The van der Waals surface area contributed by atoms with Crippen molar-refractivity contribution >= 4 is 11.8 Å². The number of likely N-dealkylation sites (tertiary alicyclic amines) is 1. The van der Waals surface area contributed by atoms with E-state index in [0.29, 0.717) is 25.3 Å². The molecule has 1 N–H and O–H groups in total. The first-order chi connectivity index (χ1) is 15.0. The van der Waals surface area contributed by atoms with Gasteiger partial charge in [0.25, 0.3) is 0 Å². The summed E-state index contributed by atoms with van der Waals surface area (Å²) in [7, 11) is 0. The number of carbonyl (C=O) groups excluding carboxylic acids is 2. The molecule has 1 saturated carbocycles. The Morgan fingerprint density at radius 3 is 2.74 bits per heavy atom. The molecular weight excluding hydrogens is 392 g/mol. The molecule has 1 aromatic rings. The normalized spacial score (nSPS) is 22.8. The van der Waals surface area contributed by atoms with E-state index in [9.17, 15) is 14.7 Å². The zero-order chi connectivity index (χ0) is 21.8. The summed E-state index contributed by atoms with van der Waals surface area (Å²) in [5, 5.41) is 10.2. The number of rotatable bonds is 8. The number of ether oxygens (including phenoxy) is 1. The second-order valence-corrected chi connectivity index (χ2v) is 9.53. The standard InChI is InChI=1S/C25H36N2O4/c1-2-13-26(19-16-20-21(28)9-8-10-22(20)31-18-19)14-6-7-15-27-23(29)17-25(24(27)30)11-4-3-5-12-25/h8-10,19,28H,2-7,11-18H2,1H3. The highest BCUT2D eigenvalue weighted by Gasteiger charge is 2.51. The number of fused-ring (bicyclic) bond motifs is 1. The van der Waals surface area contributed by atoms with Crippen LogP contribution < -0.4 is 4.74 Å². The van der Waals surface area contributed by atoms with Gasteiger partial charge in [-0.15, -0.1) is 0 Å². The number of benzene rings is 1. The Hall–Kier alpha value is -2.08. The van der Waals surface area contributed by atoms with Gasteiger partial charge in [-0.2, -0.15) is 0 Å². The third-order valence-electron chi connectivity index (χ3n) is 7.38. The van der Waals surface area contributed by atoms with Gasteiger partial charge in [-0.1, -0.05) is 32.3 Å². The smallest absolute Gasteiger partial charge is 0.235 e. The second kappa shape index (κ2) is 9.60. The van der Waals surface area contributed by atoms with Gasteiger partial charge >= 0.3 is 0 Å². The molecule has 1 aromatic carbocycles. The monoisotopic (exact) mass is 428 g/mol. The van der Waals surface area contributed by atoms with Gasteiger partial charge in [0.1, 0.15) is 18.1 Å². The summed E-state index contributed by atoms with van der Waals surface area (Å²) in [6.07, 6.45) is 9.13. The highest BCUT2D eigenvalue weighted by atomic mass is 16.5. The van der Waals surface area contributed by atoms with Crippen molar-refractivity contribution in [1.29, 1.82) is 0 Å². The SMILES string of the molecule is CCCN(CCCCN1C(=O)CC2(CCCCC2)C1=O)C1COc2cccc(O)c2C1. The van der Waals surface area contributed by atoms with Crippen LogP contribution in [0.25, 0.3) is 0 Å². The molecule has 1 atom stereocenters. The Labute approximate surface area is 185 Å². The first kappa shape index (κ1) is 22.1. The minimum Gasteiger partial charge on any atom is -0.508 e. The number of carbonyl (C=O) groups is 2.